The molecule has 4 nitrogen and oxygen atoms in total. The molecule has 0 aliphatic carbocycles. The van der Waals surface area contributed by atoms with Gasteiger partial charge >= 0.3 is 0 Å². The predicted molar refractivity (Wildman–Crippen MR) is 181 cm³/mol. The first-order valence-corrected chi connectivity index (χ1v) is 15.2. The molecule has 1 aliphatic rings. The van der Waals surface area contributed by atoms with Crippen LogP contribution in [0, 0.1) is 0 Å². The monoisotopic (exact) mass is 576 g/mol. The average Bonchev–Trinajstić information content (AvgIpc) is 3.48. The molecule has 2 heterocycles. The number of fused-ring (bicyclic) bond motifs is 4. The van der Waals surface area contributed by atoms with E-state index in [1.54, 1.807) is 6.07 Å². The largest absolute Gasteiger partial charge is 0.308 e. The summed E-state index contributed by atoms with van der Waals surface area (Å²) >= 11 is 0. The minimum absolute atomic E-state index is 0.155. The molecule has 0 saturated heterocycles. The molecule has 1 aliphatic heterocycles. The SMILES string of the molecule is CC(C)(C)c1cccc2c3cccc(C(C)(C)C)c3n(-c3cccc4c3C(=O)N(c3ccc(-c5ccccc5)cc3)C4=O)c12. The smallest absolute Gasteiger partial charge is 0.268 e. The fourth-order valence-electron chi connectivity index (χ4n) is 6.69. The molecule has 6 aromatic rings. The number of carbonyl (C=O) groups is 2. The molecule has 0 atom stereocenters. The van der Waals surface area contributed by atoms with Gasteiger partial charge in [-0.25, -0.2) is 4.90 Å². The maximum absolute atomic E-state index is 14.4. The highest BCUT2D eigenvalue weighted by molar-refractivity contribution is 6.35. The van der Waals surface area contributed by atoms with Crippen LogP contribution < -0.4 is 4.90 Å². The van der Waals surface area contributed by atoms with Crippen LogP contribution in [-0.2, 0) is 10.8 Å². The van der Waals surface area contributed by atoms with E-state index in [9.17, 15) is 9.59 Å². The lowest BCUT2D eigenvalue weighted by Gasteiger charge is -2.25. The molecule has 0 bridgehead atoms. The molecule has 4 heteroatoms. The highest BCUT2D eigenvalue weighted by atomic mass is 16.2. The Balaban J connectivity index is 1.48. The van der Waals surface area contributed by atoms with Crippen molar-refractivity contribution in [2.45, 2.75) is 52.4 Å². The van der Waals surface area contributed by atoms with Gasteiger partial charge in [-0.2, -0.15) is 0 Å². The molecule has 0 saturated carbocycles. The number of hydrogen-bond donors (Lipinski definition) is 0. The second kappa shape index (κ2) is 9.78. The summed E-state index contributed by atoms with van der Waals surface area (Å²) in [4.78, 5) is 29.7. The second-order valence-electron chi connectivity index (χ2n) is 13.8. The Morgan fingerprint density at radius 2 is 1.02 bits per heavy atom. The number of aromatic nitrogens is 1. The number of carbonyl (C=O) groups excluding carboxylic acids is 2. The average molecular weight is 577 g/mol. The first kappa shape index (κ1) is 27.8. The molecule has 0 spiro atoms. The molecular weight excluding hydrogens is 540 g/mol. The van der Waals surface area contributed by atoms with Crippen LogP contribution in [-0.4, -0.2) is 16.4 Å². The van der Waals surface area contributed by atoms with Gasteiger partial charge in [-0.3, -0.25) is 9.59 Å². The van der Waals surface area contributed by atoms with Crippen molar-refractivity contribution in [3.8, 4) is 16.8 Å². The Kier molecular flexibility index (Phi) is 6.19. The van der Waals surface area contributed by atoms with Crippen LogP contribution in [0.5, 0.6) is 0 Å². The topological polar surface area (TPSA) is 42.3 Å². The van der Waals surface area contributed by atoms with E-state index in [0.29, 0.717) is 16.8 Å². The van der Waals surface area contributed by atoms with Gasteiger partial charge in [-0.15, -0.1) is 0 Å². The number of para-hydroxylation sites is 2. The van der Waals surface area contributed by atoms with Crippen LogP contribution >= 0.6 is 0 Å². The normalized spacial score (nSPS) is 13.7. The van der Waals surface area contributed by atoms with Crippen molar-refractivity contribution in [2.75, 3.05) is 4.90 Å². The van der Waals surface area contributed by atoms with Crippen LogP contribution in [0.2, 0.25) is 0 Å². The highest BCUT2D eigenvalue weighted by Crippen LogP contribution is 2.44. The van der Waals surface area contributed by atoms with Crippen LogP contribution in [0.1, 0.15) is 73.4 Å². The second-order valence-corrected chi connectivity index (χ2v) is 13.8. The van der Waals surface area contributed by atoms with E-state index in [1.807, 2.05) is 66.7 Å². The lowest BCUT2D eigenvalue weighted by molar-refractivity contribution is 0.0926. The maximum Gasteiger partial charge on any atom is 0.268 e. The number of imide groups is 1. The maximum atomic E-state index is 14.4. The summed E-state index contributed by atoms with van der Waals surface area (Å²) in [5, 5.41) is 2.28. The third-order valence-corrected chi connectivity index (χ3v) is 8.79. The van der Waals surface area contributed by atoms with Crippen LogP contribution in [0.3, 0.4) is 0 Å². The summed E-state index contributed by atoms with van der Waals surface area (Å²) < 4.78 is 2.26. The van der Waals surface area contributed by atoms with E-state index < -0.39 is 0 Å². The lowest BCUT2D eigenvalue weighted by atomic mass is 9.85. The van der Waals surface area contributed by atoms with E-state index in [2.05, 4.69) is 82.5 Å². The summed E-state index contributed by atoms with van der Waals surface area (Å²) in [6, 6.07) is 36.4. The summed E-state index contributed by atoms with van der Waals surface area (Å²) in [6.07, 6.45) is 0. The minimum atomic E-state index is -0.301. The zero-order chi connectivity index (χ0) is 31.0. The summed E-state index contributed by atoms with van der Waals surface area (Å²) in [5.74, 6) is -0.600. The van der Waals surface area contributed by atoms with E-state index >= 15 is 0 Å². The van der Waals surface area contributed by atoms with E-state index in [-0.39, 0.29) is 22.6 Å². The zero-order valence-corrected chi connectivity index (χ0v) is 26.1. The van der Waals surface area contributed by atoms with Crippen LogP contribution in [0.4, 0.5) is 5.69 Å². The Labute approximate surface area is 258 Å². The molecule has 1 aromatic heterocycles. The van der Waals surface area contributed by atoms with Gasteiger partial charge in [-0.05, 0) is 57.3 Å². The molecule has 0 radical (unpaired) electrons. The molecule has 7 rings (SSSR count). The fraction of sp³-hybridized carbons (Fsp3) is 0.200. The molecule has 0 N–H and O–H groups in total. The molecule has 44 heavy (non-hydrogen) atoms. The molecule has 218 valence electrons. The van der Waals surface area contributed by atoms with Gasteiger partial charge in [-0.1, -0.05) is 126 Å². The van der Waals surface area contributed by atoms with Gasteiger partial charge in [0.1, 0.15) is 0 Å². The van der Waals surface area contributed by atoms with E-state index in [1.165, 1.54) is 16.0 Å². The highest BCUT2D eigenvalue weighted by Gasteiger charge is 2.40. The molecular formula is C40H36N2O2. The lowest BCUT2D eigenvalue weighted by Crippen LogP contribution is -2.29. The van der Waals surface area contributed by atoms with E-state index in [4.69, 9.17) is 0 Å². The number of benzene rings is 5. The van der Waals surface area contributed by atoms with Crippen molar-refractivity contribution in [3.05, 3.63) is 131 Å². The first-order valence-electron chi connectivity index (χ1n) is 15.2. The van der Waals surface area contributed by atoms with Crippen molar-refractivity contribution in [3.63, 3.8) is 0 Å². The van der Waals surface area contributed by atoms with Gasteiger partial charge < -0.3 is 4.57 Å². The number of hydrogen-bond acceptors (Lipinski definition) is 2. The number of anilines is 1. The predicted octanol–water partition coefficient (Wildman–Crippen LogP) is 9.85. The Morgan fingerprint density at radius 3 is 1.57 bits per heavy atom. The fourth-order valence-corrected chi connectivity index (χ4v) is 6.69. The molecule has 5 aromatic carbocycles. The Hall–Kier alpha value is -4.96. The van der Waals surface area contributed by atoms with Crippen molar-refractivity contribution in [1.82, 2.24) is 4.57 Å². The third-order valence-electron chi connectivity index (χ3n) is 8.79. The number of nitrogens with zero attached hydrogens (tertiary/aromatic N) is 2. The quantitative estimate of drug-likeness (QED) is 0.197. The van der Waals surface area contributed by atoms with Gasteiger partial charge in [0.05, 0.1) is 33.5 Å². The van der Waals surface area contributed by atoms with Gasteiger partial charge in [0, 0.05) is 10.8 Å². The van der Waals surface area contributed by atoms with Crippen LogP contribution in [0.15, 0.2) is 109 Å². The van der Waals surface area contributed by atoms with Crippen molar-refractivity contribution >= 4 is 39.3 Å². The Bertz CT molecular complexity index is 2030. The molecule has 2 amide bonds. The number of amides is 2. The van der Waals surface area contributed by atoms with Gasteiger partial charge in [0.15, 0.2) is 0 Å². The standard InChI is InChI=1S/C40H36N2O2/c1-39(2,3)31-18-10-15-28-29-16-11-19-32(40(4,5)6)36(29)42(35(28)31)33-20-12-17-30-34(33)38(44)41(37(30)43)27-23-21-26(22-24-27)25-13-8-7-9-14-25/h7-24H,1-6H3. The van der Waals surface area contributed by atoms with Gasteiger partial charge in [0.2, 0.25) is 0 Å². The summed E-state index contributed by atoms with van der Waals surface area (Å²) in [5.41, 5.74) is 8.50. The zero-order valence-electron chi connectivity index (χ0n) is 26.1. The molecule has 0 unspecified atom stereocenters. The number of rotatable bonds is 3. The van der Waals surface area contributed by atoms with Gasteiger partial charge in [0.25, 0.3) is 11.8 Å². The van der Waals surface area contributed by atoms with Crippen molar-refractivity contribution in [2.24, 2.45) is 0 Å². The third kappa shape index (κ3) is 4.20. The van der Waals surface area contributed by atoms with Crippen molar-refractivity contribution in [1.29, 1.82) is 0 Å². The van der Waals surface area contributed by atoms with Crippen molar-refractivity contribution < 1.29 is 9.59 Å². The Morgan fingerprint density at radius 1 is 0.500 bits per heavy atom. The molecule has 0 fully saturated rings. The van der Waals surface area contributed by atoms with E-state index in [0.717, 1.165) is 38.6 Å². The summed E-state index contributed by atoms with van der Waals surface area (Å²) in [6.45, 7) is 13.3. The summed E-state index contributed by atoms with van der Waals surface area (Å²) in [7, 11) is 0. The van der Waals surface area contributed by atoms with Crippen LogP contribution in [0.25, 0.3) is 38.6 Å². The minimum Gasteiger partial charge on any atom is -0.308 e. The first-order chi connectivity index (χ1) is 21.0.